The van der Waals surface area contributed by atoms with Crippen molar-refractivity contribution in [1.29, 1.82) is 0 Å². The first kappa shape index (κ1) is 12.9. The van der Waals surface area contributed by atoms with E-state index < -0.39 is 0 Å². The molecule has 0 amide bonds. The lowest BCUT2D eigenvalue weighted by Crippen LogP contribution is -2.62. The predicted octanol–water partition coefficient (Wildman–Crippen LogP) is 1.67. The monoisotopic (exact) mass is 251 g/mol. The number of likely N-dealkylation sites (N-methyl/N-ethyl adjacent to an activating group) is 1. The van der Waals surface area contributed by atoms with Crippen LogP contribution < -0.4 is 5.73 Å². The van der Waals surface area contributed by atoms with Gasteiger partial charge in [-0.25, -0.2) is 0 Å². The van der Waals surface area contributed by atoms with E-state index in [2.05, 4.69) is 23.8 Å². The number of hydrogen-bond acceptors (Lipinski definition) is 3. The lowest BCUT2D eigenvalue weighted by atomic mass is 9.81. The van der Waals surface area contributed by atoms with Gasteiger partial charge in [0.05, 0.1) is 0 Å². The molecule has 3 heteroatoms. The maximum Gasteiger partial charge on any atom is 0.0361 e. The Morgan fingerprint density at radius 2 is 1.78 bits per heavy atom. The smallest absolute Gasteiger partial charge is 0.0361 e. The molecule has 2 saturated heterocycles. The molecule has 2 heterocycles. The summed E-state index contributed by atoms with van der Waals surface area (Å²) in [6.07, 6.45) is 8.29. The molecule has 2 N–H and O–H groups in total. The molecule has 0 radical (unpaired) electrons. The van der Waals surface area contributed by atoms with Gasteiger partial charge in [-0.15, -0.1) is 0 Å². The molecular weight excluding hydrogens is 222 g/mol. The van der Waals surface area contributed by atoms with E-state index in [9.17, 15) is 0 Å². The highest BCUT2D eigenvalue weighted by Crippen LogP contribution is 2.43. The SMILES string of the molecule is CCN(CC1CC1)C1(CN)CC2CCC(C1)N2C. The fourth-order valence-electron chi connectivity index (χ4n) is 4.37. The number of piperidine rings is 1. The van der Waals surface area contributed by atoms with Crippen LogP contribution in [0.15, 0.2) is 0 Å². The molecule has 0 aromatic heterocycles. The van der Waals surface area contributed by atoms with Crippen LogP contribution in [0.5, 0.6) is 0 Å². The second-order valence-electron chi connectivity index (χ2n) is 6.87. The molecule has 2 bridgehead atoms. The Labute approximate surface area is 112 Å². The zero-order valence-electron chi connectivity index (χ0n) is 12.1. The first-order valence-electron chi connectivity index (χ1n) is 7.85. The van der Waals surface area contributed by atoms with Crippen molar-refractivity contribution in [2.24, 2.45) is 11.7 Å². The Morgan fingerprint density at radius 3 is 2.22 bits per heavy atom. The van der Waals surface area contributed by atoms with Crippen molar-refractivity contribution in [3.63, 3.8) is 0 Å². The Morgan fingerprint density at radius 1 is 1.17 bits per heavy atom. The Bertz CT molecular complexity index is 286. The van der Waals surface area contributed by atoms with E-state index >= 15 is 0 Å². The number of fused-ring (bicyclic) bond motifs is 2. The van der Waals surface area contributed by atoms with Crippen molar-refractivity contribution < 1.29 is 0 Å². The second-order valence-corrected chi connectivity index (χ2v) is 6.87. The van der Waals surface area contributed by atoms with Crippen molar-refractivity contribution in [3.05, 3.63) is 0 Å². The van der Waals surface area contributed by atoms with Crippen LogP contribution in [-0.4, -0.2) is 54.1 Å². The summed E-state index contributed by atoms with van der Waals surface area (Å²) in [6, 6.07) is 1.58. The summed E-state index contributed by atoms with van der Waals surface area (Å²) in [5.41, 5.74) is 6.56. The van der Waals surface area contributed by atoms with E-state index in [4.69, 9.17) is 5.73 Å². The van der Waals surface area contributed by atoms with Gasteiger partial charge in [0.1, 0.15) is 0 Å². The van der Waals surface area contributed by atoms with Crippen LogP contribution in [0, 0.1) is 5.92 Å². The van der Waals surface area contributed by atoms with Crippen molar-refractivity contribution in [2.75, 3.05) is 26.7 Å². The van der Waals surface area contributed by atoms with Gasteiger partial charge < -0.3 is 10.6 Å². The van der Waals surface area contributed by atoms with E-state index in [1.165, 1.54) is 51.6 Å². The third kappa shape index (κ3) is 2.10. The molecule has 3 aliphatic rings. The summed E-state index contributed by atoms with van der Waals surface area (Å²) in [4.78, 5) is 5.36. The largest absolute Gasteiger partial charge is 0.329 e. The van der Waals surface area contributed by atoms with Gasteiger partial charge in [0.2, 0.25) is 0 Å². The summed E-state index contributed by atoms with van der Waals surface area (Å²) < 4.78 is 0. The zero-order chi connectivity index (χ0) is 12.8. The van der Waals surface area contributed by atoms with Crippen LogP contribution in [0.1, 0.15) is 45.4 Å². The standard InChI is InChI=1S/C15H29N3/c1-3-18(10-12-4-5-12)15(11-16)8-13-6-7-14(9-15)17(13)2/h12-14H,3-11,16H2,1-2H3. The molecule has 1 saturated carbocycles. The van der Waals surface area contributed by atoms with Gasteiger partial charge in [0.25, 0.3) is 0 Å². The van der Waals surface area contributed by atoms with E-state index in [0.717, 1.165) is 24.5 Å². The van der Waals surface area contributed by atoms with Gasteiger partial charge in [0, 0.05) is 30.7 Å². The Kier molecular flexibility index (Phi) is 3.41. The highest BCUT2D eigenvalue weighted by molar-refractivity contribution is 5.07. The summed E-state index contributed by atoms with van der Waals surface area (Å²) in [6.45, 7) is 5.65. The summed E-state index contributed by atoms with van der Waals surface area (Å²) in [7, 11) is 2.32. The fraction of sp³-hybridized carbons (Fsp3) is 1.00. The third-order valence-electron chi connectivity index (χ3n) is 5.82. The minimum atomic E-state index is 0.315. The van der Waals surface area contributed by atoms with Gasteiger partial charge in [-0.2, -0.15) is 0 Å². The number of nitrogens with two attached hydrogens (primary N) is 1. The lowest BCUT2D eigenvalue weighted by Gasteiger charge is -2.51. The van der Waals surface area contributed by atoms with Crippen molar-refractivity contribution in [1.82, 2.24) is 9.80 Å². The topological polar surface area (TPSA) is 32.5 Å². The Hall–Kier alpha value is -0.120. The maximum absolute atomic E-state index is 6.25. The van der Waals surface area contributed by atoms with Crippen molar-refractivity contribution >= 4 is 0 Å². The lowest BCUT2D eigenvalue weighted by molar-refractivity contribution is 0.00115. The number of rotatable bonds is 5. The zero-order valence-corrected chi connectivity index (χ0v) is 12.1. The molecule has 3 fully saturated rings. The normalized spacial score (nSPS) is 40.7. The quantitative estimate of drug-likeness (QED) is 0.807. The molecule has 18 heavy (non-hydrogen) atoms. The van der Waals surface area contributed by atoms with Crippen LogP contribution >= 0.6 is 0 Å². The van der Waals surface area contributed by atoms with E-state index in [1.807, 2.05) is 0 Å². The highest BCUT2D eigenvalue weighted by atomic mass is 15.3. The molecule has 2 aliphatic heterocycles. The van der Waals surface area contributed by atoms with Gasteiger partial charge in [0.15, 0.2) is 0 Å². The van der Waals surface area contributed by atoms with E-state index in [-0.39, 0.29) is 0 Å². The predicted molar refractivity (Wildman–Crippen MR) is 75.6 cm³/mol. The first-order valence-corrected chi connectivity index (χ1v) is 7.85. The van der Waals surface area contributed by atoms with Crippen LogP contribution in [0.2, 0.25) is 0 Å². The van der Waals surface area contributed by atoms with Crippen LogP contribution in [0.4, 0.5) is 0 Å². The van der Waals surface area contributed by atoms with Crippen molar-refractivity contribution in [3.8, 4) is 0 Å². The van der Waals surface area contributed by atoms with Gasteiger partial charge >= 0.3 is 0 Å². The average Bonchev–Trinajstić information content (AvgIpc) is 3.17. The molecule has 0 aromatic rings. The third-order valence-corrected chi connectivity index (χ3v) is 5.82. The van der Waals surface area contributed by atoms with Gasteiger partial charge in [-0.05, 0) is 58.0 Å². The highest BCUT2D eigenvalue weighted by Gasteiger charge is 2.49. The van der Waals surface area contributed by atoms with Crippen LogP contribution in [-0.2, 0) is 0 Å². The van der Waals surface area contributed by atoms with E-state index in [1.54, 1.807) is 0 Å². The molecule has 0 aromatic carbocycles. The molecule has 2 atom stereocenters. The molecule has 3 nitrogen and oxygen atoms in total. The summed E-state index contributed by atoms with van der Waals surface area (Å²) in [5.74, 6) is 0.977. The molecule has 104 valence electrons. The van der Waals surface area contributed by atoms with Crippen molar-refractivity contribution in [2.45, 2.75) is 63.1 Å². The second kappa shape index (κ2) is 4.77. The summed E-state index contributed by atoms with van der Waals surface area (Å²) >= 11 is 0. The molecule has 3 rings (SSSR count). The maximum atomic E-state index is 6.25. The summed E-state index contributed by atoms with van der Waals surface area (Å²) in [5, 5.41) is 0. The van der Waals surface area contributed by atoms with Gasteiger partial charge in [-0.3, -0.25) is 4.90 Å². The molecule has 1 aliphatic carbocycles. The number of nitrogens with zero attached hydrogens (tertiary/aromatic N) is 2. The molecule has 2 unspecified atom stereocenters. The fourth-order valence-corrected chi connectivity index (χ4v) is 4.37. The molecule has 0 spiro atoms. The first-order chi connectivity index (χ1) is 8.68. The average molecular weight is 251 g/mol. The van der Waals surface area contributed by atoms with Gasteiger partial charge in [-0.1, -0.05) is 6.92 Å². The minimum absolute atomic E-state index is 0.315. The van der Waals surface area contributed by atoms with Crippen LogP contribution in [0.25, 0.3) is 0 Å². The van der Waals surface area contributed by atoms with Crippen LogP contribution in [0.3, 0.4) is 0 Å². The Balaban J connectivity index is 1.76. The van der Waals surface area contributed by atoms with E-state index in [0.29, 0.717) is 5.54 Å². The number of hydrogen-bond donors (Lipinski definition) is 1. The molecular formula is C15H29N3. The minimum Gasteiger partial charge on any atom is -0.329 e.